The van der Waals surface area contributed by atoms with Crippen molar-refractivity contribution in [2.75, 3.05) is 11.9 Å². The quantitative estimate of drug-likeness (QED) is 0.733. The predicted molar refractivity (Wildman–Crippen MR) is 76.2 cm³/mol. The molecule has 0 saturated heterocycles. The highest BCUT2D eigenvalue weighted by Crippen LogP contribution is 2.20. The van der Waals surface area contributed by atoms with E-state index in [0.29, 0.717) is 6.54 Å². The zero-order chi connectivity index (χ0) is 14.1. The van der Waals surface area contributed by atoms with Crippen molar-refractivity contribution in [3.8, 4) is 0 Å². The van der Waals surface area contributed by atoms with E-state index in [9.17, 15) is 4.39 Å². The fraction of sp³-hybridized carbons (Fsp3) is 0.200. The van der Waals surface area contributed by atoms with Crippen molar-refractivity contribution >= 4 is 11.3 Å². The van der Waals surface area contributed by atoms with E-state index in [2.05, 4.69) is 10.1 Å². The number of hydrogen-bond donors (Lipinski definition) is 0. The molecule has 1 aromatic carbocycles. The Morgan fingerprint density at radius 1 is 1.30 bits per heavy atom. The summed E-state index contributed by atoms with van der Waals surface area (Å²) in [7, 11) is 1.94. The van der Waals surface area contributed by atoms with Gasteiger partial charge in [0.15, 0.2) is 5.82 Å². The van der Waals surface area contributed by atoms with Crippen LogP contribution in [0.2, 0.25) is 0 Å². The van der Waals surface area contributed by atoms with Crippen LogP contribution in [0.5, 0.6) is 0 Å². The smallest absolute Gasteiger partial charge is 0.154 e. The predicted octanol–water partition coefficient (Wildman–Crippen LogP) is 2.81. The number of benzene rings is 1. The zero-order valence-corrected chi connectivity index (χ0v) is 11.4. The summed E-state index contributed by atoms with van der Waals surface area (Å²) in [6.45, 7) is 2.54. The number of aromatic nitrogens is 3. The van der Waals surface area contributed by atoms with Crippen molar-refractivity contribution in [1.82, 2.24) is 14.6 Å². The number of hydrogen-bond acceptors (Lipinski definition) is 3. The molecule has 0 N–H and O–H groups in total. The molecule has 0 spiro atoms. The topological polar surface area (TPSA) is 33.4 Å². The summed E-state index contributed by atoms with van der Waals surface area (Å²) in [6.07, 6.45) is 3.54. The molecular weight excluding hydrogens is 255 g/mol. The molecule has 102 valence electrons. The molecule has 0 aliphatic rings. The molecule has 0 bridgehead atoms. The highest BCUT2D eigenvalue weighted by atomic mass is 19.1. The molecule has 3 aromatic rings. The number of anilines is 1. The van der Waals surface area contributed by atoms with Crippen LogP contribution in [0.1, 0.15) is 11.3 Å². The summed E-state index contributed by atoms with van der Waals surface area (Å²) in [5.41, 5.74) is 2.80. The Kier molecular flexibility index (Phi) is 3.10. The lowest BCUT2D eigenvalue weighted by Crippen LogP contribution is -2.18. The lowest BCUT2D eigenvalue weighted by atomic mass is 10.2. The summed E-state index contributed by atoms with van der Waals surface area (Å²) in [6, 6.07) is 8.60. The fourth-order valence-corrected chi connectivity index (χ4v) is 2.31. The van der Waals surface area contributed by atoms with Crippen LogP contribution in [-0.2, 0) is 6.54 Å². The summed E-state index contributed by atoms with van der Waals surface area (Å²) >= 11 is 0. The van der Waals surface area contributed by atoms with Crippen molar-refractivity contribution in [2.24, 2.45) is 0 Å². The minimum atomic E-state index is -0.220. The normalized spacial score (nSPS) is 10.9. The third-order valence-corrected chi connectivity index (χ3v) is 3.16. The summed E-state index contributed by atoms with van der Waals surface area (Å²) in [4.78, 5) is 6.40. The number of nitrogens with zero attached hydrogens (tertiary/aromatic N) is 4. The van der Waals surface area contributed by atoms with Gasteiger partial charge < -0.3 is 4.90 Å². The third-order valence-electron chi connectivity index (χ3n) is 3.16. The van der Waals surface area contributed by atoms with E-state index in [1.165, 1.54) is 12.1 Å². The van der Waals surface area contributed by atoms with Crippen LogP contribution in [0.15, 0.2) is 42.7 Å². The van der Waals surface area contributed by atoms with Crippen LogP contribution in [0.25, 0.3) is 5.52 Å². The lowest BCUT2D eigenvalue weighted by Gasteiger charge is -2.18. The molecule has 2 heterocycles. The van der Waals surface area contributed by atoms with E-state index < -0.39 is 0 Å². The second kappa shape index (κ2) is 4.92. The van der Waals surface area contributed by atoms with Gasteiger partial charge in [-0.3, -0.25) is 0 Å². The Bertz CT molecular complexity index is 750. The van der Waals surface area contributed by atoms with Gasteiger partial charge in [-0.1, -0.05) is 12.1 Å². The first-order valence-electron chi connectivity index (χ1n) is 6.40. The molecular formula is C15H15FN4. The van der Waals surface area contributed by atoms with Crippen molar-refractivity contribution in [1.29, 1.82) is 0 Å². The van der Waals surface area contributed by atoms with E-state index in [4.69, 9.17) is 0 Å². The number of halogens is 1. The molecule has 0 radical (unpaired) electrons. The number of aryl methyl sites for hydroxylation is 1. The van der Waals surface area contributed by atoms with E-state index in [0.717, 1.165) is 22.6 Å². The van der Waals surface area contributed by atoms with Crippen LogP contribution in [0.3, 0.4) is 0 Å². The first-order valence-corrected chi connectivity index (χ1v) is 6.40. The molecule has 0 atom stereocenters. The highest BCUT2D eigenvalue weighted by Gasteiger charge is 2.10. The van der Waals surface area contributed by atoms with E-state index in [-0.39, 0.29) is 5.82 Å². The minimum Gasteiger partial charge on any atom is -0.354 e. The van der Waals surface area contributed by atoms with Gasteiger partial charge in [0.2, 0.25) is 0 Å². The second-order valence-corrected chi connectivity index (χ2v) is 4.85. The van der Waals surface area contributed by atoms with Gasteiger partial charge in [-0.25, -0.2) is 13.9 Å². The van der Waals surface area contributed by atoms with Gasteiger partial charge >= 0.3 is 0 Å². The molecule has 3 rings (SSSR count). The first-order chi connectivity index (χ1) is 9.63. The SMILES string of the molecule is Cc1cc2c(N(C)Cc3cccc(F)c3)nccn2n1. The summed E-state index contributed by atoms with van der Waals surface area (Å²) in [5.74, 6) is 0.611. The fourth-order valence-electron chi connectivity index (χ4n) is 2.31. The average molecular weight is 270 g/mol. The standard InChI is InChI=1S/C15H15FN4/c1-11-8-14-15(17-6-7-20(14)18-11)19(2)10-12-4-3-5-13(16)9-12/h3-9H,10H2,1-2H3. The van der Waals surface area contributed by atoms with Crippen LogP contribution >= 0.6 is 0 Å². The maximum Gasteiger partial charge on any atom is 0.154 e. The molecule has 0 unspecified atom stereocenters. The lowest BCUT2D eigenvalue weighted by molar-refractivity contribution is 0.625. The second-order valence-electron chi connectivity index (χ2n) is 4.85. The average Bonchev–Trinajstić information content (AvgIpc) is 2.78. The van der Waals surface area contributed by atoms with Crippen LogP contribution in [-0.4, -0.2) is 21.6 Å². The maximum absolute atomic E-state index is 13.2. The van der Waals surface area contributed by atoms with Crippen molar-refractivity contribution in [3.63, 3.8) is 0 Å². The molecule has 0 aliphatic heterocycles. The minimum absolute atomic E-state index is 0.220. The van der Waals surface area contributed by atoms with Crippen molar-refractivity contribution < 1.29 is 4.39 Å². The molecule has 2 aromatic heterocycles. The van der Waals surface area contributed by atoms with Gasteiger partial charge in [-0.2, -0.15) is 5.10 Å². The van der Waals surface area contributed by atoms with Gasteiger partial charge in [0.1, 0.15) is 11.3 Å². The Hall–Kier alpha value is -2.43. The summed E-state index contributed by atoms with van der Waals surface area (Å²) < 4.78 is 15.0. The highest BCUT2D eigenvalue weighted by molar-refractivity contribution is 5.68. The third kappa shape index (κ3) is 2.34. The van der Waals surface area contributed by atoms with Gasteiger partial charge in [0, 0.05) is 26.0 Å². The zero-order valence-electron chi connectivity index (χ0n) is 11.4. The van der Waals surface area contributed by atoms with Crippen molar-refractivity contribution in [2.45, 2.75) is 13.5 Å². The maximum atomic E-state index is 13.2. The molecule has 0 amide bonds. The Morgan fingerprint density at radius 2 is 2.15 bits per heavy atom. The van der Waals surface area contributed by atoms with Crippen LogP contribution in [0.4, 0.5) is 10.2 Å². The number of rotatable bonds is 3. The molecule has 0 fully saturated rings. The Morgan fingerprint density at radius 3 is 2.95 bits per heavy atom. The van der Waals surface area contributed by atoms with Crippen LogP contribution in [0, 0.1) is 12.7 Å². The molecule has 5 heteroatoms. The summed E-state index contributed by atoms with van der Waals surface area (Å²) in [5, 5.41) is 4.37. The molecule has 4 nitrogen and oxygen atoms in total. The van der Waals surface area contributed by atoms with Gasteiger partial charge in [0.25, 0.3) is 0 Å². The van der Waals surface area contributed by atoms with E-state index >= 15 is 0 Å². The van der Waals surface area contributed by atoms with E-state index in [1.54, 1.807) is 16.8 Å². The monoisotopic (exact) mass is 270 g/mol. The first kappa shape index (κ1) is 12.6. The van der Waals surface area contributed by atoms with Gasteiger partial charge in [0.05, 0.1) is 5.69 Å². The van der Waals surface area contributed by atoms with Gasteiger partial charge in [-0.15, -0.1) is 0 Å². The van der Waals surface area contributed by atoms with Crippen molar-refractivity contribution in [3.05, 3.63) is 59.8 Å². The Balaban J connectivity index is 1.94. The van der Waals surface area contributed by atoms with Gasteiger partial charge in [-0.05, 0) is 30.7 Å². The Labute approximate surface area is 116 Å². The van der Waals surface area contributed by atoms with Crippen LogP contribution < -0.4 is 4.90 Å². The largest absolute Gasteiger partial charge is 0.354 e. The number of fused-ring (bicyclic) bond motifs is 1. The molecule has 0 saturated carbocycles. The molecule has 20 heavy (non-hydrogen) atoms. The van der Waals surface area contributed by atoms with E-state index in [1.807, 2.05) is 37.2 Å². The molecule has 0 aliphatic carbocycles.